The summed E-state index contributed by atoms with van der Waals surface area (Å²) in [6.07, 6.45) is 2.25. The average Bonchev–Trinajstić information content (AvgIpc) is 3.34. The summed E-state index contributed by atoms with van der Waals surface area (Å²) >= 11 is 0. The predicted molar refractivity (Wildman–Crippen MR) is 127 cm³/mol. The van der Waals surface area contributed by atoms with E-state index in [1.54, 1.807) is 25.3 Å². The molecule has 34 heavy (non-hydrogen) atoms. The molecule has 3 aromatic rings. The van der Waals surface area contributed by atoms with Crippen LogP contribution in [0.4, 0.5) is 5.69 Å². The van der Waals surface area contributed by atoms with Crippen molar-refractivity contribution in [1.82, 2.24) is 4.98 Å². The van der Waals surface area contributed by atoms with Gasteiger partial charge in [0.2, 0.25) is 0 Å². The molecule has 1 atom stereocenters. The summed E-state index contributed by atoms with van der Waals surface area (Å²) in [4.78, 5) is 29.4. The first kappa shape index (κ1) is 21.5. The maximum absolute atomic E-state index is 13.5. The van der Waals surface area contributed by atoms with Gasteiger partial charge in [-0.05, 0) is 31.0 Å². The predicted octanol–water partition coefficient (Wildman–Crippen LogP) is 4.06. The number of aryl methyl sites for hydroxylation is 1. The van der Waals surface area contributed by atoms with Crippen molar-refractivity contribution in [2.24, 2.45) is 0 Å². The van der Waals surface area contributed by atoms with Crippen LogP contribution in [0.1, 0.15) is 46.2 Å². The zero-order chi connectivity index (χ0) is 23.8. The fourth-order valence-electron chi connectivity index (χ4n) is 4.74. The summed E-state index contributed by atoms with van der Waals surface area (Å²) in [6, 6.07) is 15.2. The van der Waals surface area contributed by atoms with Crippen molar-refractivity contribution in [3.8, 4) is 11.8 Å². The van der Waals surface area contributed by atoms with E-state index in [2.05, 4.69) is 16.4 Å². The molecule has 0 aliphatic carbocycles. The Kier molecular flexibility index (Phi) is 5.42. The van der Waals surface area contributed by atoms with Crippen molar-refractivity contribution in [3.63, 3.8) is 0 Å². The summed E-state index contributed by atoms with van der Waals surface area (Å²) in [7, 11) is 0. The Hall–Kier alpha value is -4.31. The topological polar surface area (TPSA) is 104 Å². The smallest absolute Gasteiger partial charge is 0.337 e. The lowest BCUT2D eigenvalue weighted by atomic mass is 9.79. The number of ether oxygens (including phenoxy) is 2. The number of aromatic amines is 1. The van der Waals surface area contributed by atoms with Crippen LogP contribution in [0.15, 0.2) is 64.7 Å². The number of H-pyrrole nitrogens is 1. The van der Waals surface area contributed by atoms with E-state index in [1.165, 1.54) is 0 Å². The van der Waals surface area contributed by atoms with Crippen LogP contribution in [0.25, 0.3) is 0 Å². The summed E-state index contributed by atoms with van der Waals surface area (Å²) < 4.78 is 11.6. The average molecular weight is 453 g/mol. The van der Waals surface area contributed by atoms with Gasteiger partial charge < -0.3 is 19.8 Å². The van der Waals surface area contributed by atoms with Crippen LogP contribution in [0.3, 0.4) is 0 Å². The fourth-order valence-corrected chi connectivity index (χ4v) is 4.74. The van der Waals surface area contributed by atoms with E-state index in [9.17, 15) is 14.9 Å². The van der Waals surface area contributed by atoms with Gasteiger partial charge >= 0.3 is 5.97 Å². The number of rotatable bonds is 4. The Balaban J connectivity index is 1.66. The number of hydrogen-bond acceptors (Lipinski definition) is 6. The van der Waals surface area contributed by atoms with Crippen LogP contribution in [0.2, 0.25) is 0 Å². The fraction of sp³-hybridized carbons (Fsp3) is 0.222. The summed E-state index contributed by atoms with van der Waals surface area (Å²) in [6.45, 7) is 4.26. The molecular weight excluding hydrogens is 430 g/mol. The highest BCUT2D eigenvalue weighted by Gasteiger charge is 2.39. The van der Waals surface area contributed by atoms with Gasteiger partial charge in [-0.3, -0.25) is 4.79 Å². The Morgan fingerprint density at radius 1 is 1.21 bits per heavy atom. The van der Waals surface area contributed by atoms with Gasteiger partial charge in [0.25, 0.3) is 5.56 Å². The maximum atomic E-state index is 13.5. The minimum atomic E-state index is -0.706. The largest absolute Gasteiger partial charge is 0.493 e. The number of esters is 1. The minimum Gasteiger partial charge on any atom is -0.493 e. The highest BCUT2D eigenvalue weighted by molar-refractivity contribution is 5.95. The molecule has 0 bridgehead atoms. The minimum absolute atomic E-state index is 0.113. The van der Waals surface area contributed by atoms with Crippen LogP contribution in [-0.4, -0.2) is 17.6 Å². The molecule has 0 amide bonds. The van der Waals surface area contributed by atoms with Gasteiger partial charge in [0.1, 0.15) is 12.4 Å². The van der Waals surface area contributed by atoms with Gasteiger partial charge in [-0.2, -0.15) is 5.26 Å². The molecule has 2 aliphatic heterocycles. The van der Waals surface area contributed by atoms with E-state index in [0.29, 0.717) is 52.4 Å². The third-order valence-corrected chi connectivity index (χ3v) is 6.38. The second kappa shape index (κ2) is 8.56. The van der Waals surface area contributed by atoms with E-state index in [-0.39, 0.29) is 12.2 Å². The number of nitrogens with one attached hydrogen (secondary N) is 2. The highest BCUT2D eigenvalue weighted by atomic mass is 16.5. The molecule has 7 heteroatoms. The third kappa shape index (κ3) is 3.54. The SMILES string of the molecule is CC1=C(C(=O)OCc2ccccc2)C(c2ccc(C#N)c3c2OCC3)c2c(c(C)c[nH]c2=O)N1. The molecule has 0 saturated carbocycles. The molecule has 3 heterocycles. The van der Waals surface area contributed by atoms with E-state index in [0.717, 1.165) is 16.7 Å². The lowest BCUT2D eigenvalue weighted by Crippen LogP contribution is -2.30. The number of hydrogen-bond donors (Lipinski definition) is 2. The Bertz CT molecular complexity index is 1430. The van der Waals surface area contributed by atoms with Crippen molar-refractivity contribution in [2.75, 3.05) is 11.9 Å². The zero-order valence-electron chi connectivity index (χ0n) is 18.9. The van der Waals surface area contributed by atoms with Crippen molar-refractivity contribution in [1.29, 1.82) is 5.26 Å². The van der Waals surface area contributed by atoms with Gasteiger partial charge in [0.05, 0.1) is 41.0 Å². The molecule has 0 saturated heterocycles. The number of carbonyl (C=O) groups excluding carboxylic acids is 1. The van der Waals surface area contributed by atoms with E-state index in [4.69, 9.17) is 9.47 Å². The van der Waals surface area contributed by atoms with E-state index in [1.807, 2.05) is 37.3 Å². The lowest BCUT2D eigenvalue weighted by molar-refractivity contribution is -0.140. The molecule has 7 nitrogen and oxygen atoms in total. The van der Waals surface area contributed by atoms with Gasteiger partial charge in [-0.25, -0.2) is 4.79 Å². The molecule has 5 rings (SSSR count). The van der Waals surface area contributed by atoms with Crippen LogP contribution in [0, 0.1) is 18.3 Å². The van der Waals surface area contributed by atoms with Crippen LogP contribution in [0.5, 0.6) is 5.75 Å². The molecule has 1 unspecified atom stereocenters. The molecule has 0 spiro atoms. The number of nitrogens with zero attached hydrogens (tertiary/aromatic N) is 1. The second-order valence-corrected chi connectivity index (χ2v) is 8.47. The van der Waals surface area contributed by atoms with Crippen molar-refractivity contribution in [2.45, 2.75) is 32.8 Å². The maximum Gasteiger partial charge on any atom is 0.337 e. The molecule has 170 valence electrons. The van der Waals surface area contributed by atoms with Crippen LogP contribution >= 0.6 is 0 Å². The number of fused-ring (bicyclic) bond motifs is 2. The summed E-state index contributed by atoms with van der Waals surface area (Å²) in [5.74, 6) is -0.650. The first-order chi connectivity index (χ1) is 16.5. The zero-order valence-corrected chi connectivity index (χ0v) is 18.9. The number of carbonyl (C=O) groups is 1. The highest BCUT2D eigenvalue weighted by Crippen LogP contribution is 2.47. The monoisotopic (exact) mass is 453 g/mol. The quantitative estimate of drug-likeness (QED) is 0.577. The first-order valence-electron chi connectivity index (χ1n) is 11.1. The second-order valence-electron chi connectivity index (χ2n) is 8.47. The van der Waals surface area contributed by atoms with E-state index >= 15 is 0 Å². The number of pyridine rings is 1. The first-order valence-corrected chi connectivity index (χ1v) is 11.1. The van der Waals surface area contributed by atoms with Crippen molar-refractivity contribution >= 4 is 11.7 Å². The Morgan fingerprint density at radius 2 is 2.00 bits per heavy atom. The molecule has 0 radical (unpaired) electrons. The normalized spacial score (nSPS) is 16.1. The van der Waals surface area contributed by atoms with Gasteiger partial charge in [-0.15, -0.1) is 0 Å². The summed E-state index contributed by atoms with van der Waals surface area (Å²) in [5.41, 5.74) is 5.50. The number of aromatic nitrogens is 1. The molecule has 1 aromatic heterocycles. The molecular formula is C27H23N3O4. The van der Waals surface area contributed by atoms with Gasteiger partial charge in [-0.1, -0.05) is 36.4 Å². The molecule has 2 aliphatic rings. The van der Waals surface area contributed by atoms with Crippen molar-refractivity contribution in [3.05, 3.63) is 104 Å². The molecule has 2 aromatic carbocycles. The number of anilines is 1. The number of nitriles is 1. The molecule has 0 fully saturated rings. The number of benzene rings is 2. The molecule has 2 N–H and O–H groups in total. The van der Waals surface area contributed by atoms with Crippen molar-refractivity contribution < 1.29 is 14.3 Å². The summed E-state index contributed by atoms with van der Waals surface area (Å²) in [5, 5.41) is 12.8. The van der Waals surface area contributed by atoms with Gasteiger partial charge in [0.15, 0.2) is 0 Å². The number of allylic oxidation sites excluding steroid dienone is 1. The van der Waals surface area contributed by atoms with Crippen LogP contribution in [-0.2, 0) is 22.6 Å². The van der Waals surface area contributed by atoms with Gasteiger partial charge in [0, 0.05) is 29.4 Å². The van der Waals surface area contributed by atoms with Crippen LogP contribution < -0.4 is 15.6 Å². The standard InChI is InChI=1S/C27H23N3O4/c1-15-13-29-26(31)23-22(20-9-8-18(12-28)19-10-11-33-25(19)20)21(16(2)30-24(15)23)27(32)34-14-17-6-4-3-5-7-17/h3-9,13,22,30H,10-11,14H2,1-2H3,(H,29,31). The third-order valence-electron chi connectivity index (χ3n) is 6.38. The Labute approximate surface area is 196 Å². The van der Waals surface area contributed by atoms with E-state index < -0.39 is 11.9 Å². The lowest BCUT2D eigenvalue weighted by Gasteiger charge is -2.31. The Morgan fingerprint density at radius 3 is 2.76 bits per heavy atom.